The molecule has 1 aromatic carbocycles. The Morgan fingerprint density at radius 1 is 1.41 bits per heavy atom. The Hall–Kier alpha value is -2.17. The fraction of sp³-hybridized carbons (Fsp3) is 0.250. The zero-order valence-corrected chi connectivity index (χ0v) is 9.33. The second-order valence-corrected chi connectivity index (χ2v) is 3.66. The Bertz CT molecular complexity index is 480. The molecule has 1 aromatic rings. The molecule has 0 amide bonds. The summed E-state index contributed by atoms with van der Waals surface area (Å²) < 4.78 is 5.44. The van der Waals surface area contributed by atoms with Gasteiger partial charge in [-0.05, 0) is 19.1 Å². The number of hydrogen-bond acceptors (Lipinski definition) is 4. The molecule has 88 valence electrons. The SMILES string of the molecule is CC1N=NC(COc2ccccc2)=C1C(=O)O. The lowest BCUT2D eigenvalue weighted by Gasteiger charge is -2.06. The molecule has 0 aromatic heterocycles. The largest absolute Gasteiger partial charge is 0.487 e. The monoisotopic (exact) mass is 232 g/mol. The summed E-state index contributed by atoms with van der Waals surface area (Å²) in [6.45, 7) is 1.82. The lowest BCUT2D eigenvalue weighted by Crippen LogP contribution is -2.13. The van der Waals surface area contributed by atoms with Gasteiger partial charge in [-0.1, -0.05) is 18.2 Å². The van der Waals surface area contributed by atoms with Gasteiger partial charge in [0.25, 0.3) is 0 Å². The van der Waals surface area contributed by atoms with Gasteiger partial charge in [0.05, 0.1) is 5.57 Å². The highest BCUT2D eigenvalue weighted by molar-refractivity contribution is 5.89. The van der Waals surface area contributed by atoms with Gasteiger partial charge in [0.15, 0.2) is 0 Å². The second-order valence-electron chi connectivity index (χ2n) is 3.66. The second kappa shape index (κ2) is 4.78. The van der Waals surface area contributed by atoms with Crippen LogP contribution in [0.5, 0.6) is 5.75 Å². The fourth-order valence-corrected chi connectivity index (χ4v) is 1.59. The van der Waals surface area contributed by atoms with Crippen LogP contribution in [-0.2, 0) is 4.79 Å². The van der Waals surface area contributed by atoms with Gasteiger partial charge in [0.1, 0.15) is 24.1 Å². The Kier molecular flexibility index (Phi) is 3.18. The zero-order valence-electron chi connectivity index (χ0n) is 9.33. The van der Waals surface area contributed by atoms with Crippen molar-refractivity contribution in [2.24, 2.45) is 10.2 Å². The molecule has 2 rings (SSSR count). The molecule has 1 N–H and O–H groups in total. The third kappa shape index (κ3) is 2.50. The van der Waals surface area contributed by atoms with E-state index in [0.29, 0.717) is 11.4 Å². The van der Waals surface area contributed by atoms with E-state index in [-0.39, 0.29) is 12.2 Å². The number of hydrogen-bond donors (Lipinski definition) is 1. The van der Waals surface area contributed by atoms with E-state index in [9.17, 15) is 4.79 Å². The lowest BCUT2D eigenvalue weighted by atomic mass is 10.1. The predicted octanol–water partition coefficient (Wildman–Crippen LogP) is 2.26. The Labute approximate surface area is 98.4 Å². The molecule has 1 atom stereocenters. The van der Waals surface area contributed by atoms with Gasteiger partial charge in [0, 0.05) is 0 Å². The summed E-state index contributed by atoms with van der Waals surface area (Å²) in [7, 11) is 0. The minimum Gasteiger partial charge on any atom is -0.487 e. The number of rotatable bonds is 4. The van der Waals surface area contributed by atoms with Crippen molar-refractivity contribution in [1.29, 1.82) is 0 Å². The number of azo groups is 1. The van der Waals surface area contributed by atoms with E-state index in [1.165, 1.54) is 0 Å². The molecule has 1 aliphatic heterocycles. The van der Waals surface area contributed by atoms with Crippen LogP contribution in [0.15, 0.2) is 51.8 Å². The Morgan fingerprint density at radius 3 is 2.76 bits per heavy atom. The number of nitrogens with zero attached hydrogens (tertiary/aromatic N) is 2. The number of aliphatic carboxylic acids is 1. The highest BCUT2D eigenvalue weighted by Crippen LogP contribution is 2.23. The van der Waals surface area contributed by atoms with Crippen LogP contribution in [0.25, 0.3) is 0 Å². The molecule has 5 nitrogen and oxygen atoms in total. The minimum absolute atomic E-state index is 0.124. The van der Waals surface area contributed by atoms with Crippen LogP contribution in [0.3, 0.4) is 0 Å². The van der Waals surface area contributed by atoms with Crippen molar-refractivity contribution in [2.75, 3.05) is 6.61 Å². The van der Waals surface area contributed by atoms with Crippen LogP contribution in [-0.4, -0.2) is 23.7 Å². The van der Waals surface area contributed by atoms with Crippen LogP contribution in [0, 0.1) is 0 Å². The molecule has 17 heavy (non-hydrogen) atoms. The van der Waals surface area contributed by atoms with Gasteiger partial charge in [-0.25, -0.2) is 4.79 Å². The van der Waals surface area contributed by atoms with E-state index < -0.39 is 12.0 Å². The van der Waals surface area contributed by atoms with Crippen molar-refractivity contribution in [2.45, 2.75) is 13.0 Å². The topological polar surface area (TPSA) is 71.2 Å². The maximum absolute atomic E-state index is 11.0. The van der Waals surface area contributed by atoms with E-state index in [2.05, 4.69) is 10.2 Å². The number of carboxylic acids is 1. The van der Waals surface area contributed by atoms with Gasteiger partial charge >= 0.3 is 5.97 Å². The van der Waals surface area contributed by atoms with Gasteiger partial charge in [-0.15, -0.1) is 0 Å². The molecule has 5 heteroatoms. The number of benzene rings is 1. The van der Waals surface area contributed by atoms with Crippen LogP contribution >= 0.6 is 0 Å². The molecule has 0 spiro atoms. The number of carbonyl (C=O) groups is 1. The standard InChI is InChI=1S/C12H12N2O3/c1-8-11(12(15)16)10(14-13-8)7-17-9-5-3-2-4-6-9/h2-6,8H,7H2,1H3,(H,15,16). The van der Waals surface area contributed by atoms with Crippen molar-refractivity contribution in [3.63, 3.8) is 0 Å². The number of carboxylic acid groups (broad SMARTS) is 1. The number of ether oxygens (including phenoxy) is 1. The molecular formula is C12H12N2O3. The van der Waals surface area contributed by atoms with E-state index >= 15 is 0 Å². The molecule has 0 fully saturated rings. The fourth-order valence-electron chi connectivity index (χ4n) is 1.59. The summed E-state index contributed by atoms with van der Waals surface area (Å²) in [6.07, 6.45) is 0. The molecule has 0 aliphatic carbocycles. The molecule has 0 bridgehead atoms. The van der Waals surface area contributed by atoms with E-state index in [0.717, 1.165) is 0 Å². The van der Waals surface area contributed by atoms with Crippen LogP contribution in [0.4, 0.5) is 0 Å². The maximum atomic E-state index is 11.0. The van der Waals surface area contributed by atoms with Gasteiger partial charge < -0.3 is 9.84 Å². The average molecular weight is 232 g/mol. The van der Waals surface area contributed by atoms with Crippen LogP contribution in [0.1, 0.15) is 6.92 Å². The molecule has 1 unspecified atom stereocenters. The molecule has 0 radical (unpaired) electrons. The van der Waals surface area contributed by atoms with Crippen molar-refractivity contribution in [3.8, 4) is 5.75 Å². The third-order valence-corrected chi connectivity index (χ3v) is 2.43. The smallest absolute Gasteiger partial charge is 0.335 e. The predicted molar refractivity (Wildman–Crippen MR) is 60.9 cm³/mol. The maximum Gasteiger partial charge on any atom is 0.335 e. The zero-order chi connectivity index (χ0) is 12.3. The molecule has 0 saturated heterocycles. The summed E-state index contributed by atoms with van der Waals surface area (Å²) >= 11 is 0. The summed E-state index contributed by atoms with van der Waals surface area (Å²) in [6, 6.07) is 8.78. The van der Waals surface area contributed by atoms with Crippen molar-refractivity contribution in [1.82, 2.24) is 0 Å². The van der Waals surface area contributed by atoms with Crippen LogP contribution in [0.2, 0.25) is 0 Å². The summed E-state index contributed by atoms with van der Waals surface area (Å²) in [5.41, 5.74) is 0.592. The first-order valence-electron chi connectivity index (χ1n) is 5.23. The number of para-hydroxylation sites is 1. The quantitative estimate of drug-likeness (QED) is 0.865. The highest BCUT2D eigenvalue weighted by atomic mass is 16.5. The van der Waals surface area contributed by atoms with Crippen LogP contribution < -0.4 is 4.74 Å². The normalized spacial score (nSPS) is 18.5. The first kappa shape index (κ1) is 11.3. The van der Waals surface area contributed by atoms with Gasteiger partial charge in [-0.3, -0.25) is 0 Å². The molecular weight excluding hydrogens is 220 g/mol. The lowest BCUT2D eigenvalue weighted by molar-refractivity contribution is -0.132. The average Bonchev–Trinajstić information content (AvgIpc) is 2.69. The molecule has 1 aliphatic rings. The Balaban J connectivity index is 2.08. The van der Waals surface area contributed by atoms with E-state index in [1.54, 1.807) is 19.1 Å². The third-order valence-electron chi connectivity index (χ3n) is 2.43. The van der Waals surface area contributed by atoms with E-state index in [4.69, 9.17) is 9.84 Å². The summed E-state index contributed by atoms with van der Waals surface area (Å²) in [4.78, 5) is 11.0. The first-order valence-corrected chi connectivity index (χ1v) is 5.23. The molecule has 1 heterocycles. The van der Waals surface area contributed by atoms with Gasteiger partial charge in [0.2, 0.25) is 0 Å². The van der Waals surface area contributed by atoms with E-state index in [1.807, 2.05) is 18.2 Å². The molecule has 0 saturated carbocycles. The van der Waals surface area contributed by atoms with Gasteiger partial charge in [-0.2, -0.15) is 10.2 Å². The summed E-state index contributed by atoms with van der Waals surface area (Å²) in [5.74, 6) is -0.311. The summed E-state index contributed by atoms with van der Waals surface area (Å²) in [5, 5.41) is 16.7. The van der Waals surface area contributed by atoms with Crippen molar-refractivity contribution >= 4 is 5.97 Å². The highest BCUT2D eigenvalue weighted by Gasteiger charge is 2.26. The van der Waals surface area contributed by atoms with Crippen molar-refractivity contribution in [3.05, 3.63) is 41.6 Å². The Morgan fingerprint density at radius 2 is 2.12 bits per heavy atom. The first-order chi connectivity index (χ1) is 8.18. The minimum atomic E-state index is -0.992. The van der Waals surface area contributed by atoms with Crippen molar-refractivity contribution < 1.29 is 14.6 Å².